The molecular weight excluding hydrogens is 390 g/mol. The van der Waals surface area contributed by atoms with Crippen molar-refractivity contribution in [2.75, 3.05) is 0 Å². The average Bonchev–Trinajstić information content (AvgIpc) is 2.99. The summed E-state index contributed by atoms with van der Waals surface area (Å²) in [5.41, 5.74) is 21.8. The van der Waals surface area contributed by atoms with Crippen LogP contribution in [0.4, 0.5) is 0 Å². The SMILES string of the molecule is C.C.[N-]=[N+]=C1CCc2ccccc2CC1=O.[N-]=[N+]=NC1CCc2ccccc2CC1=O. The van der Waals surface area contributed by atoms with E-state index in [-0.39, 0.29) is 26.4 Å². The Morgan fingerprint density at radius 1 is 0.774 bits per heavy atom. The molecule has 0 N–H and O–H groups in total. The van der Waals surface area contributed by atoms with Gasteiger partial charge in [0.1, 0.15) is 5.78 Å². The van der Waals surface area contributed by atoms with Crippen LogP contribution in [0, 0.1) is 0 Å². The van der Waals surface area contributed by atoms with E-state index in [0.717, 1.165) is 24.0 Å². The van der Waals surface area contributed by atoms with E-state index in [9.17, 15) is 9.59 Å². The number of azide groups is 1. The normalized spacial score (nSPS) is 16.8. The van der Waals surface area contributed by atoms with E-state index in [4.69, 9.17) is 11.1 Å². The Balaban J connectivity index is 0.000000292. The predicted octanol–water partition coefficient (Wildman–Crippen LogP) is 5.11. The molecule has 0 amide bonds. The Hall–Kier alpha value is -3.53. The van der Waals surface area contributed by atoms with Crippen LogP contribution < -0.4 is 0 Å². The first-order valence-electron chi connectivity index (χ1n) is 9.57. The van der Waals surface area contributed by atoms with Gasteiger partial charge in [-0.1, -0.05) is 68.5 Å². The second kappa shape index (κ2) is 12.2. The minimum Gasteiger partial charge on any atom is -0.361 e. The van der Waals surface area contributed by atoms with Gasteiger partial charge in [-0.3, -0.25) is 9.59 Å². The summed E-state index contributed by atoms with van der Waals surface area (Å²) in [4.78, 5) is 29.0. The van der Waals surface area contributed by atoms with E-state index >= 15 is 0 Å². The minimum atomic E-state index is -0.484. The summed E-state index contributed by atoms with van der Waals surface area (Å²) in [5, 5.41) is 3.54. The monoisotopic (exact) mass is 419 g/mol. The number of rotatable bonds is 1. The molecule has 7 nitrogen and oxygen atoms in total. The standard InChI is InChI=1S/C11H11N3O.C11H10N2O.2CH4/c12-14-13-10-6-5-8-3-1-2-4-9(8)7-11(10)15;12-13-10-6-5-8-3-1-2-4-9(8)7-11(10)14;;/h1-4,10H,5-7H2;1-4H,5-7H2;2*1H4. The van der Waals surface area contributed by atoms with Crippen molar-refractivity contribution in [3.63, 3.8) is 0 Å². The topological polar surface area (TPSA) is 119 Å². The summed E-state index contributed by atoms with van der Waals surface area (Å²) in [6.07, 6.45) is 3.49. The first-order chi connectivity index (χ1) is 14.1. The number of ketones is 2. The largest absolute Gasteiger partial charge is 0.361 e. The molecule has 0 saturated carbocycles. The van der Waals surface area contributed by atoms with E-state index in [2.05, 4.69) is 14.8 Å². The number of hydrogen-bond acceptors (Lipinski definition) is 3. The Kier molecular flexibility index (Phi) is 10.1. The molecule has 0 fully saturated rings. The summed E-state index contributed by atoms with van der Waals surface area (Å²) in [6.45, 7) is 0. The van der Waals surface area contributed by atoms with E-state index in [0.29, 0.717) is 31.4 Å². The fraction of sp³-hybridized carbons (Fsp3) is 0.375. The molecular formula is C24H29N5O2. The van der Waals surface area contributed by atoms with Crippen LogP contribution in [-0.2, 0) is 35.3 Å². The number of carbonyl (C=O) groups excluding carboxylic acids is 2. The van der Waals surface area contributed by atoms with Crippen LogP contribution in [0.25, 0.3) is 16.0 Å². The molecule has 1 atom stereocenters. The van der Waals surface area contributed by atoms with Gasteiger partial charge in [-0.15, -0.1) is 0 Å². The average molecular weight is 420 g/mol. The molecule has 2 aromatic carbocycles. The number of hydrogen-bond donors (Lipinski definition) is 0. The van der Waals surface area contributed by atoms with Crippen LogP contribution in [0.2, 0.25) is 0 Å². The number of aryl methyl sites for hydroxylation is 2. The molecule has 2 aliphatic rings. The molecule has 2 aliphatic carbocycles. The van der Waals surface area contributed by atoms with Gasteiger partial charge in [-0.2, -0.15) is 4.79 Å². The lowest BCUT2D eigenvalue weighted by Gasteiger charge is -2.02. The second-order valence-electron chi connectivity index (χ2n) is 7.09. The summed E-state index contributed by atoms with van der Waals surface area (Å²) >= 11 is 0. The predicted molar refractivity (Wildman–Crippen MR) is 122 cm³/mol. The van der Waals surface area contributed by atoms with Crippen LogP contribution in [0.5, 0.6) is 0 Å². The van der Waals surface area contributed by atoms with Crippen molar-refractivity contribution in [2.24, 2.45) is 5.11 Å². The number of Topliss-reactive ketones (excluding diaryl/α,β-unsaturated/α-hetero) is 2. The smallest absolute Gasteiger partial charge is 0.335 e. The van der Waals surface area contributed by atoms with Gasteiger partial charge in [-0.25, -0.2) is 0 Å². The fourth-order valence-electron chi connectivity index (χ4n) is 3.66. The van der Waals surface area contributed by atoms with Crippen molar-refractivity contribution in [3.8, 4) is 0 Å². The van der Waals surface area contributed by atoms with E-state index in [1.165, 1.54) is 11.1 Å². The summed E-state index contributed by atoms with van der Waals surface area (Å²) in [5.74, 6) is -0.0461. The van der Waals surface area contributed by atoms with Gasteiger partial charge < -0.3 is 5.53 Å². The summed E-state index contributed by atoms with van der Waals surface area (Å²) < 4.78 is 0. The Morgan fingerprint density at radius 3 is 1.90 bits per heavy atom. The molecule has 162 valence electrons. The highest BCUT2D eigenvalue weighted by Crippen LogP contribution is 2.20. The number of benzene rings is 2. The Labute approximate surface area is 183 Å². The lowest BCUT2D eigenvalue weighted by atomic mass is 10.0. The third-order valence-corrected chi connectivity index (χ3v) is 5.28. The fourth-order valence-corrected chi connectivity index (χ4v) is 3.66. The van der Waals surface area contributed by atoms with Crippen molar-refractivity contribution in [3.05, 3.63) is 86.8 Å². The Bertz CT molecular complexity index is 1030. The van der Waals surface area contributed by atoms with E-state index in [1.807, 2.05) is 48.5 Å². The van der Waals surface area contributed by atoms with Crippen LogP contribution >= 0.6 is 0 Å². The third-order valence-electron chi connectivity index (χ3n) is 5.28. The first kappa shape index (κ1) is 25.5. The van der Waals surface area contributed by atoms with Gasteiger partial charge >= 0.3 is 5.71 Å². The maximum absolute atomic E-state index is 11.7. The van der Waals surface area contributed by atoms with Crippen molar-refractivity contribution in [1.82, 2.24) is 0 Å². The van der Waals surface area contributed by atoms with E-state index in [1.54, 1.807) is 0 Å². The number of fused-ring (bicyclic) bond motifs is 2. The van der Waals surface area contributed by atoms with Crippen LogP contribution in [0.15, 0.2) is 53.6 Å². The zero-order valence-electron chi connectivity index (χ0n) is 16.0. The van der Waals surface area contributed by atoms with Gasteiger partial charge in [0.25, 0.3) is 0 Å². The van der Waals surface area contributed by atoms with Crippen molar-refractivity contribution in [2.45, 2.75) is 59.4 Å². The van der Waals surface area contributed by atoms with Crippen molar-refractivity contribution >= 4 is 17.3 Å². The molecule has 7 heteroatoms. The highest BCUT2D eigenvalue weighted by molar-refractivity contribution is 6.38. The zero-order chi connectivity index (χ0) is 20.6. The maximum atomic E-state index is 11.7. The molecule has 2 aromatic rings. The van der Waals surface area contributed by atoms with Gasteiger partial charge in [0, 0.05) is 17.8 Å². The quantitative estimate of drug-likeness (QED) is 0.276. The van der Waals surface area contributed by atoms with Gasteiger partial charge in [0.15, 0.2) is 0 Å². The maximum Gasteiger partial charge on any atom is 0.335 e. The molecule has 31 heavy (non-hydrogen) atoms. The zero-order valence-corrected chi connectivity index (χ0v) is 16.0. The molecule has 0 saturated heterocycles. The molecule has 0 heterocycles. The van der Waals surface area contributed by atoms with Crippen LogP contribution in [-0.4, -0.2) is 28.1 Å². The highest BCUT2D eigenvalue weighted by Gasteiger charge is 2.25. The van der Waals surface area contributed by atoms with Gasteiger partial charge in [0.05, 0.1) is 12.5 Å². The number of nitrogens with zero attached hydrogens (tertiary/aromatic N) is 5. The first-order valence-corrected chi connectivity index (χ1v) is 9.57. The molecule has 1 unspecified atom stereocenters. The van der Waals surface area contributed by atoms with Crippen LogP contribution in [0.1, 0.15) is 49.9 Å². The summed E-state index contributed by atoms with van der Waals surface area (Å²) in [6, 6.07) is 15.3. The Morgan fingerprint density at radius 2 is 1.32 bits per heavy atom. The molecule has 0 bridgehead atoms. The minimum absolute atomic E-state index is 0. The van der Waals surface area contributed by atoms with Gasteiger partial charge in [-0.05, 0) is 47.0 Å². The molecule has 0 aliphatic heterocycles. The molecule has 0 spiro atoms. The van der Waals surface area contributed by atoms with Crippen molar-refractivity contribution in [1.29, 1.82) is 0 Å². The second-order valence-corrected chi connectivity index (χ2v) is 7.09. The molecule has 0 radical (unpaired) electrons. The summed E-state index contributed by atoms with van der Waals surface area (Å²) in [7, 11) is 0. The molecule has 4 rings (SSSR count). The lowest BCUT2D eigenvalue weighted by molar-refractivity contribution is -0.119. The highest BCUT2D eigenvalue weighted by atomic mass is 16.1. The van der Waals surface area contributed by atoms with Gasteiger partial charge in [0.2, 0.25) is 5.78 Å². The van der Waals surface area contributed by atoms with Crippen LogP contribution in [0.3, 0.4) is 0 Å². The third kappa shape index (κ3) is 6.48. The van der Waals surface area contributed by atoms with E-state index < -0.39 is 6.04 Å². The lowest BCUT2D eigenvalue weighted by Crippen LogP contribution is -2.18. The number of carbonyl (C=O) groups is 2. The molecule has 0 aromatic heterocycles. The van der Waals surface area contributed by atoms with Crippen molar-refractivity contribution < 1.29 is 14.4 Å².